The molecule has 0 radical (unpaired) electrons. The second-order valence-electron chi connectivity index (χ2n) is 4.08. The lowest BCUT2D eigenvalue weighted by atomic mass is 10.2. The highest BCUT2D eigenvalue weighted by Gasteiger charge is 2.36. The van der Waals surface area contributed by atoms with Gasteiger partial charge in [0.25, 0.3) is 5.91 Å². The van der Waals surface area contributed by atoms with Gasteiger partial charge in [-0.3, -0.25) is 9.69 Å². The fourth-order valence-electron chi connectivity index (χ4n) is 1.81. The Morgan fingerprint density at radius 2 is 1.94 bits per heavy atom. The molecule has 17 heavy (non-hydrogen) atoms. The minimum atomic E-state index is -0.378. The van der Waals surface area contributed by atoms with Crippen LogP contribution in [0.4, 0.5) is 10.5 Å². The van der Waals surface area contributed by atoms with Crippen LogP contribution in [0.5, 0.6) is 0 Å². The number of amides is 3. The van der Waals surface area contributed by atoms with Crippen molar-refractivity contribution >= 4 is 17.6 Å². The van der Waals surface area contributed by atoms with E-state index in [1.807, 2.05) is 19.1 Å². The van der Waals surface area contributed by atoms with E-state index in [0.717, 1.165) is 5.56 Å². The number of urea groups is 1. The molecule has 1 atom stereocenters. The van der Waals surface area contributed by atoms with E-state index in [0.29, 0.717) is 18.7 Å². The summed E-state index contributed by atoms with van der Waals surface area (Å²) >= 11 is 0. The Morgan fingerprint density at radius 1 is 1.29 bits per heavy atom. The van der Waals surface area contributed by atoms with Crippen molar-refractivity contribution in [3.8, 4) is 0 Å². The van der Waals surface area contributed by atoms with Crippen LogP contribution in [0.3, 0.4) is 0 Å². The maximum absolute atomic E-state index is 11.8. The third-order valence-electron chi connectivity index (χ3n) is 2.84. The Labute approximate surface area is 99.6 Å². The van der Waals surface area contributed by atoms with E-state index in [9.17, 15) is 9.59 Å². The van der Waals surface area contributed by atoms with Gasteiger partial charge in [-0.25, -0.2) is 4.79 Å². The van der Waals surface area contributed by atoms with Crippen molar-refractivity contribution in [2.75, 3.05) is 5.73 Å². The van der Waals surface area contributed by atoms with Crippen LogP contribution in [0.1, 0.15) is 18.9 Å². The molecule has 5 nitrogen and oxygen atoms in total. The molecule has 1 aliphatic heterocycles. The minimum Gasteiger partial charge on any atom is -0.399 e. The maximum atomic E-state index is 11.8. The molecule has 1 aromatic rings. The highest BCUT2D eigenvalue weighted by atomic mass is 16.2. The molecule has 0 spiro atoms. The molecule has 0 saturated carbocycles. The molecule has 0 bridgehead atoms. The topological polar surface area (TPSA) is 75.4 Å². The number of carbonyl (C=O) groups excluding carboxylic acids is 2. The van der Waals surface area contributed by atoms with Gasteiger partial charge in [-0.1, -0.05) is 19.1 Å². The summed E-state index contributed by atoms with van der Waals surface area (Å²) < 4.78 is 0. The summed E-state index contributed by atoms with van der Waals surface area (Å²) in [7, 11) is 0. The summed E-state index contributed by atoms with van der Waals surface area (Å²) in [4.78, 5) is 24.7. The predicted octanol–water partition coefficient (Wildman–Crippen LogP) is 1.10. The maximum Gasteiger partial charge on any atom is 0.325 e. The van der Waals surface area contributed by atoms with Gasteiger partial charge >= 0.3 is 6.03 Å². The number of nitrogens with zero attached hydrogens (tertiary/aromatic N) is 1. The van der Waals surface area contributed by atoms with Gasteiger partial charge < -0.3 is 11.1 Å². The molecule has 1 aliphatic rings. The van der Waals surface area contributed by atoms with Crippen LogP contribution < -0.4 is 11.1 Å². The molecule has 1 unspecified atom stereocenters. The molecule has 1 saturated heterocycles. The summed E-state index contributed by atoms with van der Waals surface area (Å²) in [5.41, 5.74) is 7.13. The summed E-state index contributed by atoms with van der Waals surface area (Å²) in [6.45, 7) is 2.16. The van der Waals surface area contributed by atoms with E-state index in [1.165, 1.54) is 4.90 Å². The van der Waals surface area contributed by atoms with Crippen LogP contribution in [0.15, 0.2) is 24.3 Å². The molecule has 0 aliphatic carbocycles. The minimum absolute atomic E-state index is 0.158. The van der Waals surface area contributed by atoms with Gasteiger partial charge in [0.05, 0.1) is 6.54 Å². The lowest BCUT2D eigenvalue weighted by Crippen LogP contribution is -2.30. The van der Waals surface area contributed by atoms with Crippen molar-refractivity contribution < 1.29 is 9.59 Å². The molecule has 1 fully saturated rings. The Morgan fingerprint density at radius 3 is 2.47 bits per heavy atom. The molecule has 5 heteroatoms. The van der Waals surface area contributed by atoms with E-state index >= 15 is 0 Å². The van der Waals surface area contributed by atoms with E-state index in [-0.39, 0.29) is 18.0 Å². The van der Waals surface area contributed by atoms with Crippen LogP contribution in [-0.2, 0) is 11.3 Å². The number of carbonyl (C=O) groups is 2. The third kappa shape index (κ3) is 2.22. The first kappa shape index (κ1) is 11.4. The molecule has 2 rings (SSSR count). The lowest BCUT2D eigenvalue weighted by Gasteiger charge is -2.12. The molecular formula is C12H15N3O2. The number of benzene rings is 1. The summed E-state index contributed by atoms with van der Waals surface area (Å²) in [6, 6.07) is 6.44. The number of rotatable bonds is 3. The van der Waals surface area contributed by atoms with Gasteiger partial charge in [0.15, 0.2) is 0 Å². The number of nitrogens with two attached hydrogens (primary N) is 1. The van der Waals surface area contributed by atoms with Crippen molar-refractivity contribution in [2.24, 2.45) is 0 Å². The van der Waals surface area contributed by atoms with Gasteiger partial charge in [-0.05, 0) is 24.1 Å². The Hall–Kier alpha value is -2.04. The van der Waals surface area contributed by atoms with Crippen molar-refractivity contribution in [3.05, 3.63) is 29.8 Å². The fraction of sp³-hybridized carbons (Fsp3) is 0.333. The first-order valence-electron chi connectivity index (χ1n) is 5.58. The first-order valence-corrected chi connectivity index (χ1v) is 5.58. The van der Waals surface area contributed by atoms with E-state index in [4.69, 9.17) is 5.73 Å². The number of imide groups is 1. The van der Waals surface area contributed by atoms with Gasteiger partial charge in [0.1, 0.15) is 6.04 Å². The Bertz CT molecular complexity index is 442. The largest absolute Gasteiger partial charge is 0.399 e. The zero-order valence-electron chi connectivity index (χ0n) is 9.64. The van der Waals surface area contributed by atoms with Crippen LogP contribution in [0, 0.1) is 0 Å². The average Bonchev–Trinajstić information content (AvgIpc) is 2.59. The second kappa shape index (κ2) is 4.45. The molecule has 3 amide bonds. The first-order chi connectivity index (χ1) is 8.11. The highest BCUT2D eigenvalue weighted by Crippen LogP contribution is 2.14. The van der Waals surface area contributed by atoms with Crippen molar-refractivity contribution in [2.45, 2.75) is 25.9 Å². The smallest absolute Gasteiger partial charge is 0.325 e. The molecular weight excluding hydrogens is 218 g/mol. The van der Waals surface area contributed by atoms with Crippen molar-refractivity contribution in [3.63, 3.8) is 0 Å². The van der Waals surface area contributed by atoms with Gasteiger partial charge in [-0.2, -0.15) is 0 Å². The third-order valence-corrected chi connectivity index (χ3v) is 2.84. The molecule has 3 N–H and O–H groups in total. The number of hydrogen-bond donors (Lipinski definition) is 2. The molecule has 90 valence electrons. The van der Waals surface area contributed by atoms with Crippen molar-refractivity contribution in [1.29, 1.82) is 0 Å². The SMILES string of the molecule is CCC1NC(=O)N(Cc2ccc(N)cc2)C1=O. The summed E-state index contributed by atoms with van der Waals surface area (Å²) in [5, 5.41) is 2.65. The zero-order chi connectivity index (χ0) is 12.4. The Balaban J connectivity index is 2.11. The summed E-state index contributed by atoms with van der Waals surface area (Å²) in [5.74, 6) is -0.158. The fourth-order valence-corrected chi connectivity index (χ4v) is 1.81. The van der Waals surface area contributed by atoms with Crippen LogP contribution in [0.25, 0.3) is 0 Å². The number of hydrogen-bond acceptors (Lipinski definition) is 3. The molecule has 0 aromatic heterocycles. The summed E-state index contributed by atoms with van der Waals surface area (Å²) in [6.07, 6.45) is 0.614. The Kier molecular flexibility index (Phi) is 2.99. The van der Waals surface area contributed by atoms with Crippen LogP contribution >= 0.6 is 0 Å². The average molecular weight is 233 g/mol. The number of nitrogens with one attached hydrogen (secondary N) is 1. The van der Waals surface area contributed by atoms with Crippen molar-refractivity contribution in [1.82, 2.24) is 10.2 Å². The van der Waals surface area contributed by atoms with E-state index < -0.39 is 0 Å². The van der Waals surface area contributed by atoms with Gasteiger partial charge in [-0.15, -0.1) is 0 Å². The van der Waals surface area contributed by atoms with Crippen LogP contribution in [0.2, 0.25) is 0 Å². The quantitative estimate of drug-likeness (QED) is 0.606. The molecule has 1 heterocycles. The normalized spacial score (nSPS) is 19.6. The number of nitrogen functional groups attached to an aromatic ring is 1. The van der Waals surface area contributed by atoms with Crippen LogP contribution in [-0.4, -0.2) is 22.9 Å². The monoisotopic (exact) mass is 233 g/mol. The number of anilines is 1. The standard InChI is InChI=1S/C12H15N3O2/c1-2-10-11(16)15(12(17)14-10)7-8-3-5-9(13)6-4-8/h3-6,10H,2,7,13H2,1H3,(H,14,17). The van der Waals surface area contributed by atoms with E-state index in [2.05, 4.69) is 5.32 Å². The second-order valence-corrected chi connectivity index (χ2v) is 4.08. The predicted molar refractivity (Wildman–Crippen MR) is 64.0 cm³/mol. The zero-order valence-corrected chi connectivity index (χ0v) is 9.64. The molecule has 1 aromatic carbocycles. The lowest BCUT2D eigenvalue weighted by molar-refractivity contribution is -0.127. The van der Waals surface area contributed by atoms with E-state index in [1.54, 1.807) is 12.1 Å². The van der Waals surface area contributed by atoms with Gasteiger partial charge in [0.2, 0.25) is 0 Å². The highest BCUT2D eigenvalue weighted by molar-refractivity contribution is 6.04. The van der Waals surface area contributed by atoms with Gasteiger partial charge in [0, 0.05) is 5.69 Å².